The first-order valence-electron chi connectivity index (χ1n) is 6.30. The predicted molar refractivity (Wildman–Crippen MR) is 83.4 cm³/mol. The van der Waals surface area contributed by atoms with Gasteiger partial charge in [-0.25, -0.2) is 4.98 Å². The van der Waals surface area contributed by atoms with Crippen LogP contribution in [0, 0.1) is 0 Å². The zero-order valence-electron chi connectivity index (χ0n) is 10.8. The Kier molecular flexibility index (Phi) is 3.52. The highest BCUT2D eigenvalue weighted by atomic mass is 79.9. The van der Waals surface area contributed by atoms with Gasteiger partial charge in [0.15, 0.2) is 0 Å². The number of carbonyl (C=O) groups is 1. The van der Waals surface area contributed by atoms with E-state index in [0.717, 1.165) is 16.6 Å². The molecule has 0 saturated heterocycles. The molecule has 102 valence electrons. The van der Waals surface area contributed by atoms with E-state index in [1.54, 1.807) is 17.2 Å². The molecule has 3 rings (SSSR count). The molecular weight excluding hydrogens is 340 g/mol. The lowest BCUT2D eigenvalue weighted by atomic mass is 10.1. The van der Waals surface area contributed by atoms with Crippen LogP contribution in [0.3, 0.4) is 0 Å². The number of halogens is 2. The third-order valence-electron chi connectivity index (χ3n) is 3.46. The van der Waals surface area contributed by atoms with E-state index in [2.05, 4.69) is 27.0 Å². The number of nitrogens with zero attached hydrogens (tertiary/aromatic N) is 2. The summed E-state index contributed by atoms with van der Waals surface area (Å²) in [6, 6.07) is 9.79. The van der Waals surface area contributed by atoms with Gasteiger partial charge in [0, 0.05) is 22.4 Å². The van der Waals surface area contributed by atoms with Crippen molar-refractivity contribution in [2.75, 3.05) is 4.90 Å². The first kappa shape index (κ1) is 13.6. The van der Waals surface area contributed by atoms with Gasteiger partial charge in [0.1, 0.15) is 5.15 Å². The maximum absolute atomic E-state index is 12.8. The maximum atomic E-state index is 12.8. The van der Waals surface area contributed by atoms with Crippen LogP contribution < -0.4 is 4.90 Å². The fourth-order valence-electron chi connectivity index (χ4n) is 2.58. The number of aromatic nitrogens is 1. The SMILES string of the molecule is CC1Cc2ccccc2N1C(=O)c1cc(Br)cnc1Cl. The van der Waals surface area contributed by atoms with Gasteiger partial charge < -0.3 is 4.90 Å². The molecule has 2 aromatic rings. The Hall–Kier alpha value is -1.39. The molecule has 0 saturated carbocycles. The molecule has 0 N–H and O–H groups in total. The monoisotopic (exact) mass is 350 g/mol. The summed E-state index contributed by atoms with van der Waals surface area (Å²) in [7, 11) is 0. The van der Waals surface area contributed by atoms with Crippen LogP contribution in [0.15, 0.2) is 41.0 Å². The van der Waals surface area contributed by atoms with Crippen LogP contribution in [-0.2, 0) is 6.42 Å². The molecule has 0 radical (unpaired) electrons. The molecule has 1 unspecified atom stereocenters. The van der Waals surface area contributed by atoms with Crippen molar-refractivity contribution >= 4 is 39.1 Å². The van der Waals surface area contributed by atoms with Crippen molar-refractivity contribution in [2.24, 2.45) is 0 Å². The molecule has 1 aliphatic rings. The van der Waals surface area contributed by atoms with Crippen LogP contribution >= 0.6 is 27.5 Å². The van der Waals surface area contributed by atoms with Gasteiger partial charge in [0.2, 0.25) is 0 Å². The topological polar surface area (TPSA) is 33.2 Å². The molecule has 1 atom stereocenters. The van der Waals surface area contributed by atoms with E-state index in [1.165, 1.54) is 5.56 Å². The Morgan fingerprint density at radius 2 is 2.20 bits per heavy atom. The second-order valence-corrected chi connectivity index (χ2v) is 6.12. The molecule has 1 aliphatic heterocycles. The Bertz CT molecular complexity index is 689. The molecule has 0 fully saturated rings. The number of pyridine rings is 1. The summed E-state index contributed by atoms with van der Waals surface area (Å²) >= 11 is 9.39. The second-order valence-electron chi connectivity index (χ2n) is 4.85. The number of hydrogen-bond donors (Lipinski definition) is 0. The highest BCUT2D eigenvalue weighted by Crippen LogP contribution is 2.34. The number of amides is 1. The Morgan fingerprint density at radius 3 is 3.00 bits per heavy atom. The highest BCUT2D eigenvalue weighted by Gasteiger charge is 2.32. The first-order chi connectivity index (χ1) is 9.58. The summed E-state index contributed by atoms with van der Waals surface area (Å²) in [6.45, 7) is 2.04. The number of fused-ring (bicyclic) bond motifs is 1. The third kappa shape index (κ3) is 2.23. The number of para-hydroxylation sites is 1. The van der Waals surface area contributed by atoms with E-state index in [-0.39, 0.29) is 17.1 Å². The first-order valence-corrected chi connectivity index (χ1v) is 7.47. The van der Waals surface area contributed by atoms with Gasteiger partial charge in [-0.05, 0) is 47.0 Å². The summed E-state index contributed by atoms with van der Waals surface area (Å²) in [5.74, 6) is -0.110. The number of anilines is 1. The normalized spacial score (nSPS) is 17.1. The van der Waals surface area contributed by atoms with Crippen LogP contribution in [-0.4, -0.2) is 16.9 Å². The van der Waals surface area contributed by atoms with Crippen molar-refractivity contribution in [3.63, 3.8) is 0 Å². The van der Waals surface area contributed by atoms with Gasteiger partial charge in [-0.2, -0.15) is 0 Å². The van der Waals surface area contributed by atoms with Crippen LogP contribution in [0.2, 0.25) is 5.15 Å². The average molecular weight is 352 g/mol. The summed E-state index contributed by atoms with van der Waals surface area (Å²) in [5.41, 5.74) is 2.57. The van der Waals surface area contributed by atoms with Crippen molar-refractivity contribution in [1.82, 2.24) is 4.98 Å². The molecule has 1 aromatic heterocycles. The molecule has 2 heterocycles. The van der Waals surface area contributed by atoms with Crippen LogP contribution in [0.25, 0.3) is 0 Å². The summed E-state index contributed by atoms with van der Waals surface area (Å²) in [5, 5.41) is 0.231. The molecule has 1 aromatic carbocycles. The number of hydrogen-bond acceptors (Lipinski definition) is 2. The van der Waals surface area contributed by atoms with Gasteiger partial charge in [-0.1, -0.05) is 29.8 Å². The number of benzene rings is 1. The van der Waals surface area contributed by atoms with Crippen LogP contribution in [0.4, 0.5) is 5.69 Å². The smallest absolute Gasteiger partial charge is 0.261 e. The molecule has 0 spiro atoms. The molecule has 0 aliphatic carbocycles. The van der Waals surface area contributed by atoms with Crippen molar-refractivity contribution in [3.8, 4) is 0 Å². The summed E-state index contributed by atoms with van der Waals surface area (Å²) in [6.07, 6.45) is 2.45. The van der Waals surface area contributed by atoms with E-state index in [0.29, 0.717) is 5.56 Å². The van der Waals surface area contributed by atoms with E-state index >= 15 is 0 Å². The summed E-state index contributed by atoms with van der Waals surface area (Å²) < 4.78 is 0.741. The van der Waals surface area contributed by atoms with Crippen molar-refractivity contribution < 1.29 is 4.79 Å². The Labute approximate surface area is 130 Å². The van der Waals surface area contributed by atoms with Gasteiger partial charge in [0.25, 0.3) is 5.91 Å². The minimum absolute atomic E-state index is 0.110. The van der Waals surface area contributed by atoms with Gasteiger partial charge in [-0.15, -0.1) is 0 Å². The minimum atomic E-state index is -0.110. The molecule has 0 bridgehead atoms. The fraction of sp³-hybridized carbons (Fsp3) is 0.200. The van der Waals surface area contributed by atoms with Crippen LogP contribution in [0.5, 0.6) is 0 Å². The van der Waals surface area contributed by atoms with Crippen molar-refractivity contribution in [1.29, 1.82) is 0 Å². The Balaban J connectivity index is 2.05. The van der Waals surface area contributed by atoms with E-state index in [9.17, 15) is 4.79 Å². The molecule has 20 heavy (non-hydrogen) atoms. The van der Waals surface area contributed by atoms with E-state index < -0.39 is 0 Å². The predicted octanol–water partition coefficient (Wildman–Crippen LogP) is 4.09. The zero-order chi connectivity index (χ0) is 14.3. The molecule has 3 nitrogen and oxygen atoms in total. The molecule has 1 amide bonds. The van der Waals surface area contributed by atoms with E-state index in [1.807, 2.05) is 25.1 Å². The van der Waals surface area contributed by atoms with Gasteiger partial charge in [0.05, 0.1) is 5.56 Å². The second kappa shape index (κ2) is 5.19. The molecular formula is C15H12BrClN2O. The standard InChI is InChI=1S/C15H12BrClN2O/c1-9-6-10-4-2-3-5-13(10)19(9)15(20)12-7-11(16)8-18-14(12)17/h2-5,7-9H,6H2,1H3. The van der Waals surface area contributed by atoms with Gasteiger partial charge >= 0.3 is 0 Å². The zero-order valence-corrected chi connectivity index (χ0v) is 13.1. The number of carbonyl (C=O) groups excluding carboxylic acids is 1. The van der Waals surface area contributed by atoms with E-state index in [4.69, 9.17) is 11.6 Å². The van der Waals surface area contributed by atoms with Gasteiger partial charge in [-0.3, -0.25) is 4.79 Å². The fourth-order valence-corrected chi connectivity index (χ4v) is 3.09. The number of rotatable bonds is 1. The van der Waals surface area contributed by atoms with Crippen molar-refractivity contribution in [3.05, 3.63) is 57.3 Å². The van der Waals surface area contributed by atoms with Crippen LogP contribution in [0.1, 0.15) is 22.8 Å². The molecule has 5 heteroatoms. The van der Waals surface area contributed by atoms with Crippen molar-refractivity contribution in [2.45, 2.75) is 19.4 Å². The maximum Gasteiger partial charge on any atom is 0.261 e. The summed E-state index contributed by atoms with van der Waals surface area (Å²) in [4.78, 5) is 18.6. The third-order valence-corrected chi connectivity index (χ3v) is 4.20. The lowest BCUT2D eigenvalue weighted by Crippen LogP contribution is -2.36. The minimum Gasteiger partial charge on any atom is -0.305 e. The highest BCUT2D eigenvalue weighted by molar-refractivity contribution is 9.10. The quantitative estimate of drug-likeness (QED) is 0.725. The Morgan fingerprint density at radius 1 is 1.45 bits per heavy atom. The lowest BCUT2D eigenvalue weighted by molar-refractivity contribution is 0.0981. The lowest BCUT2D eigenvalue weighted by Gasteiger charge is -2.23. The largest absolute Gasteiger partial charge is 0.305 e. The average Bonchev–Trinajstić information content (AvgIpc) is 2.76.